The molecule has 0 unspecified atom stereocenters. The zero-order valence-corrected chi connectivity index (χ0v) is 9.31. The van der Waals surface area contributed by atoms with Crippen molar-refractivity contribution in [1.82, 2.24) is 29.8 Å². The fraction of sp³-hybridized carbons (Fsp3) is 0.444. The molecule has 2 heterocycles. The van der Waals surface area contributed by atoms with Gasteiger partial charge in [-0.3, -0.25) is 9.48 Å². The van der Waals surface area contributed by atoms with Crippen LogP contribution >= 0.6 is 0 Å². The Morgan fingerprint density at radius 1 is 1.53 bits per heavy atom. The number of nitrogens with zero attached hydrogens (tertiary/aromatic N) is 6. The molecule has 2 rings (SSSR count). The molecule has 0 aromatic carbocycles. The fourth-order valence-electron chi connectivity index (χ4n) is 1.37. The highest BCUT2D eigenvalue weighted by molar-refractivity contribution is 5.66. The van der Waals surface area contributed by atoms with Crippen LogP contribution in [0.4, 0.5) is 0 Å². The highest BCUT2D eigenvalue weighted by Gasteiger charge is 2.06. The number of carbonyl (C=O) groups is 1. The molecular formula is C9H12N6O2. The summed E-state index contributed by atoms with van der Waals surface area (Å²) in [6, 6.07) is 0. The van der Waals surface area contributed by atoms with Gasteiger partial charge < -0.3 is 5.11 Å². The fourth-order valence-corrected chi connectivity index (χ4v) is 1.37. The van der Waals surface area contributed by atoms with E-state index in [4.69, 9.17) is 5.11 Å². The van der Waals surface area contributed by atoms with Crippen molar-refractivity contribution in [2.75, 3.05) is 0 Å². The number of aromatic nitrogens is 6. The Balaban J connectivity index is 1.99. The number of hydrogen-bond donors (Lipinski definition) is 1. The summed E-state index contributed by atoms with van der Waals surface area (Å²) in [6.07, 6.45) is 3.63. The third kappa shape index (κ3) is 2.86. The third-order valence-corrected chi connectivity index (χ3v) is 2.29. The molecule has 0 fully saturated rings. The first-order valence-corrected chi connectivity index (χ1v) is 5.09. The van der Waals surface area contributed by atoms with E-state index in [2.05, 4.69) is 20.4 Å². The average molecular weight is 236 g/mol. The lowest BCUT2D eigenvalue weighted by atomic mass is 10.2. The van der Waals surface area contributed by atoms with Crippen molar-refractivity contribution in [3.8, 4) is 0 Å². The Bertz CT molecular complexity index is 517. The standard InChI is InChI=1S/C9H12N6O2/c1-14-8(10-6-11-14)5-15-4-7(12-13-15)2-3-9(16)17/h4,6H,2-3,5H2,1H3,(H,16,17). The zero-order chi connectivity index (χ0) is 12.3. The second kappa shape index (κ2) is 4.73. The third-order valence-electron chi connectivity index (χ3n) is 2.29. The molecule has 2 aromatic heterocycles. The van der Waals surface area contributed by atoms with Gasteiger partial charge in [0.05, 0.1) is 12.1 Å². The van der Waals surface area contributed by atoms with Gasteiger partial charge in [-0.15, -0.1) is 5.10 Å². The molecular weight excluding hydrogens is 224 g/mol. The van der Waals surface area contributed by atoms with Gasteiger partial charge in [0.2, 0.25) is 0 Å². The summed E-state index contributed by atoms with van der Waals surface area (Å²) >= 11 is 0. The molecule has 8 heteroatoms. The van der Waals surface area contributed by atoms with Crippen molar-refractivity contribution in [3.05, 3.63) is 24.0 Å². The van der Waals surface area contributed by atoms with Crippen LogP contribution in [0.1, 0.15) is 17.9 Å². The van der Waals surface area contributed by atoms with Crippen LogP contribution in [0.25, 0.3) is 0 Å². The van der Waals surface area contributed by atoms with E-state index in [1.54, 1.807) is 22.6 Å². The molecule has 17 heavy (non-hydrogen) atoms. The van der Waals surface area contributed by atoms with Crippen LogP contribution in [0, 0.1) is 0 Å². The lowest BCUT2D eigenvalue weighted by Crippen LogP contribution is -2.07. The second-order valence-electron chi connectivity index (χ2n) is 3.60. The lowest BCUT2D eigenvalue weighted by molar-refractivity contribution is -0.136. The molecule has 0 aliphatic carbocycles. The predicted molar refractivity (Wildman–Crippen MR) is 56.1 cm³/mol. The monoisotopic (exact) mass is 236 g/mol. The molecule has 2 aromatic rings. The molecule has 0 saturated heterocycles. The second-order valence-corrected chi connectivity index (χ2v) is 3.60. The molecule has 1 N–H and O–H groups in total. The van der Waals surface area contributed by atoms with Crippen molar-refractivity contribution in [1.29, 1.82) is 0 Å². The van der Waals surface area contributed by atoms with E-state index in [1.807, 2.05) is 0 Å². The van der Waals surface area contributed by atoms with Crippen LogP contribution in [0.15, 0.2) is 12.5 Å². The first-order valence-electron chi connectivity index (χ1n) is 5.09. The van der Waals surface area contributed by atoms with Crippen LogP contribution in [0.2, 0.25) is 0 Å². The summed E-state index contributed by atoms with van der Waals surface area (Å²) in [6.45, 7) is 0.469. The molecule has 0 aliphatic heterocycles. The Kier molecular flexibility index (Phi) is 3.12. The normalized spacial score (nSPS) is 10.6. The Morgan fingerprint density at radius 3 is 3.00 bits per heavy atom. The summed E-state index contributed by atoms with van der Waals surface area (Å²) in [5.41, 5.74) is 0.662. The molecule has 0 amide bonds. The first-order chi connectivity index (χ1) is 8.15. The minimum atomic E-state index is -0.840. The van der Waals surface area contributed by atoms with Crippen molar-refractivity contribution < 1.29 is 9.90 Å². The van der Waals surface area contributed by atoms with Gasteiger partial charge in [0.25, 0.3) is 0 Å². The largest absolute Gasteiger partial charge is 0.481 e. The number of carboxylic acids is 1. The van der Waals surface area contributed by atoms with Gasteiger partial charge >= 0.3 is 5.97 Å². The SMILES string of the molecule is Cn1ncnc1Cn1cc(CCC(=O)O)nn1. The summed E-state index contributed by atoms with van der Waals surface area (Å²) in [4.78, 5) is 14.5. The molecule has 0 saturated carbocycles. The number of carboxylic acid groups (broad SMARTS) is 1. The van der Waals surface area contributed by atoms with E-state index in [0.717, 1.165) is 5.82 Å². The topological polar surface area (TPSA) is 98.7 Å². The van der Waals surface area contributed by atoms with Gasteiger partial charge in [0.15, 0.2) is 0 Å². The van der Waals surface area contributed by atoms with Gasteiger partial charge in [-0.1, -0.05) is 5.21 Å². The number of aliphatic carboxylic acids is 1. The van der Waals surface area contributed by atoms with E-state index in [9.17, 15) is 4.79 Å². The average Bonchev–Trinajstić information content (AvgIpc) is 2.87. The minimum Gasteiger partial charge on any atom is -0.481 e. The highest BCUT2D eigenvalue weighted by atomic mass is 16.4. The van der Waals surface area contributed by atoms with Gasteiger partial charge in [-0.2, -0.15) is 5.10 Å². The highest BCUT2D eigenvalue weighted by Crippen LogP contribution is 2.00. The molecule has 0 aliphatic rings. The van der Waals surface area contributed by atoms with Gasteiger partial charge in [0, 0.05) is 19.7 Å². The van der Waals surface area contributed by atoms with Crippen LogP contribution < -0.4 is 0 Å². The van der Waals surface area contributed by atoms with Crippen LogP contribution in [-0.4, -0.2) is 40.8 Å². The number of rotatable bonds is 5. The van der Waals surface area contributed by atoms with Crippen LogP contribution in [-0.2, 0) is 24.8 Å². The Morgan fingerprint density at radius 2 is 2.35 bits per heavy atom. The summed E-state index contributed by atoms with van der Waals surface area (Å²) in [5.74, 6) is -0.0764. The van der Waals surface area contributed by atoms with Crippen molar-refractivity contribution in [2.24, 2.45) is 7.05 Å². The van der Waals surface area contributed by atoms with Gasteiger partial charge in [-0.25, -0.2) is 9.67 Å². The maximum Gasteiger partial charge on any atom is 0.303 e. The molecule has 0 radical (unpaired) electrons. The Hall–Kier alpha value is -2.25. The first kappa shape index (κ1) is 11.2. The summed E-state index contributed by atoms with van der Waals surface area (Å²) in [7, 11) is 1.80. The van der Waals surface area contributed by atoms with E-state index in [1.165, 1.54) is 6.33 Å². The number of aryl methyl sites for hydroxylation is 2. The van der Waals surface area contributed by atoms with Crippen molar-refractivity contribution in [2.45, 2.75) is 19.4 Å². The minimum absolute atomic E-state index is 0.0582. The quantitative estimate of drug-likeness (QED) is 0.749. The van der Waals surface area contributed by atoms with E-state index in [0.29, 0.717) is 18.7 Å². The maximum atomic E-state index is 10.4. The summed E-state index contributed by atoms with van der Waals surface area (Å²) in [5, 5.41) is 20.3. The number of hydrogen-bond acceptors (Lipinski definition) is 5. The van der Waals surface area contributed by atoms with Crippen molar-refractivity contribution >= 4 is 5.97 Å². The maximum absolute atomic E-state index is 10.4. The lowest BCUT2D eigenvalue weighted by Gasteiger charge is -1.98. The van der Waals surface area contributed by atoms with Crippen LogP contribution in [0.3, 0.4) is 0 Å². The smallest absolute Gasteiger partial charge is 0.303 e. The van der Waals surface area contributed by atoms with E-state index >= 15 is 0 Å². The molecule has 0 bridgehead atoms. The van der Waals surface area contributed by atoms with Gasteiger partial charge in [0.1, 0.15) is 18.7 Å². The predicted octanol–water partition coefficient (Wildman–Crippen LogP) is -0.528. The summed E-state index contributed by atoms with van der Waals surface area (Å²) < 4.78 is 3.26. The molecule has 90 valence electrons. The molecule has 0 spiro atoms. The molecule has 8 nitrogen and oxygen atoms in total. The zero-order valence-electron chi connectivity index (χ0n) is 9.31. The Labute approximate surface area is 96.9 Å². The van der Waals surface area contributed by atoms with E-state index in [-0.39, 0.29) is 6.42 Å². The van der Waals surface area contributed by atoms with Crippen molar-refractivity contribution in [3.63, 3.8) is 0 Å². The van der Waals surface area contributed by atoms with Gasteiger partial charge in [-0.05, 0) is 0 Å². The van der Waals surface area contributed by atoms with E-state index < -0.39 is 5.97 Å². The molecule has 0 atom stereocenters. The van der Waals surface area contributed by atoms with Crippen LogP contribution in [0.5, 0.6) is 0 Å².